The van der Waals surface area contributed by atoms with E-state index in [4.69, 9.17) is 10.5 Å². The van der Waals surface area contributed by atoms with Gasteiger partial charge in [0.25, 0.3) is 0 Å². The fraction of sp³-hybridized carbons (Fsp3) is 0.818. The van der Waals surface area contributed by atoms with Gasteiger partial charge in [-0.2, -0.15) is 0 Å². The average molecular weight is 258 g/mol. The van der Waals surface area contributed by atoms with E-state index in [1.54, 1.807) is 18.9 Å². The van der Waals surface area contributed by atoms with Gasteiger partial charge in [-0.25, -0.2) is 0 Å². The summed E-state index contributed by atoms with van der Waals surface area (Å²) in [6.07, 6.45) is 0.957. The first kappa shape index (κ1) is 14.3. The Kier molecular flexibility index (Phi) is 4.82. The van der Waals surface area contributed by atoms with Crippen LogP contribution in [0.25, 0.3) is 0 Å². The van der Waals surface area contributed by atoms with Gasteiger partial charge in [0.15, 0.2) is 5.16 Å². The Morgan fingerprint density at radius 1 is 1.41 bits per heavy atom. The normalized spacial score (nSPS) is 12.4. The number of hydrogen-bond acceptors (Lipinski definition) is 5. The molecule has 1 rings (SSSR count). The minimum atomic E-state index is -0.0960. The Morgan fingerprint density at radius 2 is 2.06 bits per heavy atom. The van der Waals surface area contributed by atoms with E-state index < -0.39 is 0 Å². The Morgan fingerprint density at radius 3 is 2.59 bits per heavy atom. The molecule has 0 fully saturated rings. The molecule has 1 heterocycles. The lowest BCUT2D eigenvalue weighted by Crippen LogP contribution is -2.23. The number of nitrogens with zero attached hydrogens (tertiary/aromatic N) is 3. The third-order valence-corrected chi connectivity index (χ3v) is 3.64. The smallest absolute Gasteiger partial charge is 0.222 e. The molecule has 1 aromatic heterocycles. The monoisotopic (exact) mass is 258 g/mol. The third kappa shape index (κ3) is 3.89. The van der Waals surface area contributed by atoms with E-state index in [1.165, 1.54) is 0 Å². The molecule has 0 radical (unpaired) electrons. The van der Waals surface area contributed by atoms with Crippen LogP contribution >= 0.6 is 11.8 Å². The number of anilines is 1. The summed E-state index contributed by atoms with van der Waals surface area (Å²) in [4.78, 5) is 0. The molecule has 0 unspecified atom stereocenters. The lowest BCUT2D eigenvalue weighted by Gasteiger charge is -2.22. The second-order valence-electron chi connectivity index (χ2n) is 4.87. The van der Waals surface area contributed by atoms with E-state index >= 15 is 0 Å². The summed E-state index contributed by atoms with van der Waals surface area (Å²) in [5, 5.41) is 8.88. The zero-order valence-electron chi connectivity index (χ0n) is 11.2. The van der Waals surface area contributed by atoms with E-state index in [9.17, 15) is 0 Å². The van der Waals surface area contributed by atoms with Crippen LogP contribution < -0.4 is 5.73 Å². The van der Waals surface area contributed by atoms with Gasteiger partial charge < -0.3 is 10.5 Å². The summed E-state index contributed by atoms with van der Waals surface area (Å²) in [5.41, 5.74) is 5.68. The first-order valence-corrected chi connectivity index (χ1v) is 6.74. The molecular weight excluding hydrogens is 236 g/mol. The summed E-state index contributed by atoms with van der Waals surface area (Å²) in [6, 6.07) is 0.280. The molecule has 98 valence electrons. The van der Waals surface area contributed by atoms with Crippen LogP contribution in [0.4, 0.5) is 5.95 Å². The summed E-state index contributed by atoms with van der Waals surface area (Å²) in [5.74, 6) is 1.42. The molecular formula is C11H22N4OS. The standard InChI is InChI=1S/C11H22N4OS/c1-8(2)15-9(12)13-14-10(15)17-7-6-11(3,4)16-5/h8H,6-7H2,1-5H3,(H2,12,13). The van der Waals surface area contributed by atoms with E-state index in [0.717, 1.165) is 17.3 Å². The molecule has 2 N–H and O–H groups in total. The summed E-state index contributed by atoms with van der Waals surface area (Å²) >= 11 is 1.67. The molecule has 0 amide bonds. The number of nitrogen functional groups attached to an aromatic ring is 1. The van der Waals surface area contributed by atoms with E-state index in [1.807, 2.05) is 4.57 Å². The zero-order valence-corrected chi connectivity index (χ0v) is 12.0. The van der Waals surface area contributed by atoms with Gasteiger partial charge in [0.05, 0.1) is 5.60 Å². The van der Waals surface area contributed by atoms with Crippen molar-refractivity contribution in [2.75, 3.05) is 18.6 Å². The van der Waals surface area contributed by atoms with Gasteiger partial charge in [-0.1, -0.05) is 11.8 Å². The van der Waals surface area contributed by atoms with E-state index in [-0.39, 0.29) is 11.6 Å². The fourth-order valence-electron chi connectivity index (χ4n) is 1.36. The maximum atomic E-state index is 5.78. The van der Waals surface area contributed by atoms with Crippen LogP contribution in [0.5, 0.6) is 0 Å². The second-order valence-corrected chi connectivity index (χ2v) is 5.93. The minimum Gasteiger partial charge on any atom is -0.379 e. The van der Waals surface area contributed by atoms with Crippen molar-refractivity contribution < 1.29 is 4.74 Å². The van der Waals surface area contributed by atoms with Crippen molar-refractivity contribution in [3.05, 3.63) is 0 Å². The van der Waals surface area contributed by atoms with E-state index in [2.05, 4.69) is 37.9 Å². The minimum absolute atomic E-state index is 0.0960. The maximum Gasteiger partial charge on any atom is 0.222 e. The molecule has 0 aliphatic heterocycles. The van der Waals surface area contributed by atoms with Gasteiger partial charge in [0, 0.05) is 18.9 Å². The highest BCUT2D eigenvalue weighted by Crippen LogP contribution is 2.25. The van der Waals surface area contributed by atoms with Crippen LogP contribution in [0, 0.1) is 0 Å². The highest BCUT2D eigenvalue weighted by Gasteiger charge is 2.18. The quantitative estimate of drug-likeness (QED) is 0.793. The molecule has 0 aliphatic carbocycles. The number of aromatic nitrogens is 3. The molecule has 6 heteroatoms. The topological polar surface area (TPSA) is 66.0 Å². The molecule has 0 aromatic carbocycles. The predicted molar refractivity (Wildman–Crippen MR) is 71.2 cm³/mol. The van der Waals surface area contributed by atoms with Gasteiger partial charge in [-0.15, -0.1) is 10.2 Å². The average Bonchev–Trinajstić information content (AvgIpc) is 2.59. The van der Waals surface area contributed by atoms with Crippen LogP contribution in [-0.4, -0.2) is 33.2 Å². The number of thioether (sulfide) groups is 1. The van der Waals surface area contributed by atoms with Crippen LogP contribution in [0.3, 0.4) is 0 Å². The first-order chi connectivity index (χ1) is 7.87. The van der Waals surface area contributed by atoms with Crippen molar-refractivity contribution in [1.29, 1.82) is 0 Å². The molecule has 0 spiro atoms. The first-order valence-electron chi connectivity index (χ1n) is 5.75. The van der Waals surface area contributed by atoms with Crippen molar-refractivity contribution in [3.63, 3.8) is 0 Å². The summed E-state index contributed by atoms with van der Waals surface area (Å²) in [6.45, 7) is 8.30. The Balaban J connectivity index is 2.58. The van der Waals surface area contributed by atoms with Crippen LogP contribution in [0.1, 0.15) is 40.2 Å². The Hall–Kier alpha value is -0.750. The third-order valence-electron chi connectivity index (χ3n) is 2.70. The lowest BCUT2D eigenvalue weighted by atomic mass is 10.1. The summed E-state index contributed by atoms with van der Waals surface area (Å²) < 4.78 is 7.33. The van der Waals surface area contributed by atoms with E-state index in [0.29, 0.717) is 5.95 Å². The highest BCUT2D eigenvalue weighted by atomic mass is 32.2. The van der Waals surface area contributed by atoms with Crippen molar-refractivity contribution in [2.45, 2.75) is 50.9 Å². The van der Waals surface area contributed by atoms with Crippen LogP contribution in [-0.2, 0) is 4.74 Å². The molecule has 0 bridgehead atoms. The van der Waals surface area contributed by atoms with Gasteiger partial charge in [-0.05, 0) is 34.1 Å². The number of methoxy groups -OCH3 is 1. The molecule has 0 aliphatic rings. The zero-order chi connectivity index (χ0) is 13.1. The Labute approximate surface area is 107 Å². The molecule has 0 atom stereocenters. The molecule has 0 saturated heterocycles. The molecule has 1 aromatic rings. The molecule has 0 saturated carbocycles. The highest BCUT2D eigenvalue weighted by molar-refractivity contribution is 7.99. The summed E-state index contributed by atoms with van der Waals surface area (Å²) in [7, 11) is 1.74. The maximum absolute atomic E-state index is 5.78. The second kappa shape index (κ2) is 5.73. The fourth-order valence-corrected chi connectivity index (χ4v) is 2.68. The number of hydrogen-bond donors (Lipinski definition) is 1. The lowest BCUT2D eigenvalue weighted by molar-refractivity contribution is 0.0206. The van der Waals surface area contributed by atoms with Crippen molar-refractivity contribution in [3.8, 4) is 0 Å². The van der Waals surface area contributed by atoms with Crippen molar-refractivity contribution >= 4 is 17.7 Å². The number of rotatable bonds is 6. The van der Waals surface area contributed by atoms with Crippen molar-refractivity contribution in [2.24, 2.45) is 0 Å². The molecule has 17 heavy (non-hydrogen) atoms. The molecule has 5 nitrogen and oxygen atoms in total. The van der Waals surface area contributed by atoms with Crippen LogP contribution in [0.2, 0.25) is 0 Å². The largest absolute Gasteiger partial charge is 0.379 e. The SMILES string of the molecule is COC(C)(C)CCSc1nnc(N)n1C(C)C. The van der Waals surface area contributed by atoms with Gasteiger partial charge in [0.2, 0.25) is 5.95 Å². The van der Waals surface area contributed by atoms with Crippen molar-refractivity contribution in [1.82, 2.24) is 14.8 Å². The van der Waals surface area contributed by atoms with Crippen LogP contribution in [0.15, 0.2) is 5.16 Å². The predicted octanol–water partition coefficient (Wildman–Crippen LogP) is 2.35. The van der Waals surface area contributed by atoms with Gasteiger partial charge in [0.1, 0.15) is 0 Å². The van der Waals surface area contributed by atoms with Gasteiger partial charge in [-0.3, -0.25) is 4.57 Å². The Bertz CT molecular complexity index is 362. The number of ether oxygens (including phenoxy) is 1. The number of nitrogens with two attached hydrogens (primary N) is 1. The van der Waals surface area contributed by atoms with Gasteiger partial charge >= 0.3 is 0 Å².